The van der Waals surface area contributed by atoms with Crippen molar-refractivity contribution in [3.63, 3.8) is 0 Å². The number of thiophene rings is 1. The number of methoxy groups -OCH3 is 2. The van der Waals surface area contributed by atoms with Crippen LogP contribution in [0.2, 0.25) is 0 Å². The Labute approximate surface area is 128 Å². The predicted octanol–water partition coefficient (Wildman–Crippen LogP) is 2.93. The third kappa shape index (κ3) is 3.25. The van der Waals surface area contributed by atoms with Crippen LogP contribution >= 0.6 is 11.3 Å². The molecule has 1 atom stereocenters. The van der Waals surface area contributed by atoms with Gasteiger partial charge < -0.3 is 9.47 Å². The van der Waals surface area contributed by atoms with Crippen molar-refractivity contribution in [3.05, 3.63) is 52.2 Å². The molecular weight excluding hydrogens is 286 g/mol. The average Bonchev–Trinajstić information content (AvgIpc) is 3.05. The van der Waals surface area contributed by atoms with E-state index in [0.717, 1.165) is 10.4 Å². The summed E-state index contributed by atoms with van der Waals surface area (Å²) >= 11 is 1.64. The molecule has 1 unspecified atom stereocenters. The standard InChI is InChI=1S/C16H19NO3S/c1-16(15(18)20-3,17-11-12-7-6-10-21-12)13-8-4-5-9-14(13)19-2/h4-10,17H,11H2,1-3H3. The van der Waals surface area contributed by atoms with Crippen molar-refractivity contribution in [2.24, 2.45) is 0 Å². The summed E-state index contributed by atoms with van der Waals surface area (Å²) in [5, 5.41) is 5.31. The number of esters is 1. The fraction of sp³-hybridized carbons (Fsp3) is 0.312. The minimum atomic E-state index is -0.967. The molecule has 1 heterocycles. The molecule has 0 aliphatic rings. The van der Waals surface area contributed by atoms with E-state index in [1.807, 2.05) is 48.7 Å². The zero-order valence-electron chi connectivity index (χ0n) is 12.4. The number of benzene rings is 1. The minimum Gasteiger partial charge on any atom is -0.496 e. The largest absolute Gasteiger partial charge is 0.496 e. The van der Waals surface area contributed by atoms with Gasteiger partial charge in [0, 0.05) is 17.0 Å². The topological polar surface area (TPSA) is 47.6 Å². The van der Waals surface area contributed by atoms with Crippen LogP contribution in [0.4, 0.5) is 0 Å². The highest BCUT2D eigenvalue weighted by atomic mass is 32.1. The molecule has 21 heavy (non-hydrogen) atoms. The lowest BCUT2D eigenvalue weighted by atomic mass is 9.91. The monoisotopic (exact) mass is 305 g/mol. The number of ether oxygens (including phenoxy) is 2. The first-order valence-electron chi connectivity index (χ1n) is 6.61. The molecule has 0 aliphatic carbocycles. The average molecular weight is 305 g/mol. The van der Waals surface area contributed by atoms with Crippen LogP contribution in [0.25, 0.3) is 0 Å². The molecular formula is C16H19NO3S. The van der Waals surface area contributed by atoms with Gasteiger partial charge in [0.2, 0.25) is 0 Å². The molecule has 4 nitrogen and oxygen atoms in total. The van der Waals surface area contributed by atoms with Crippen LogP contribution in [0.1, 0.15) is 17.4 Å². The molecule has 0 saturated carbocycles. The zero-order chi connectivity index (χ0) is 15.3. The molecule has 0 bridgehead atoms. The first kappa shape index (κ1) is 15.5. The fourth-order valence-corrected chi connectivity index (χ4v) is 2.86. The molecule has 0 saturated heterocycles. The van der Waals surface area contributed by atoms with Gasteiger partial charge in [0.05, 0.1) is 14.2 Å². The molecule has 0 amide bonds. The molecule has 112 valence electrons. The van der Waals surface area contributed by atoms with Crippen LogP contribution in [0.5, 0.6) is 5.75 Å². The Morgan fingerprint density at radius 1 is 1.24 bits per heavy atom. The van der Waals surface area contributed by atoms with Crippen LogP contribution in [-0.4, -0.2) is 20.2 Å². The number of nitrogens with one attached hydrogen (secondary N) is 1. The Bertz CT molecular complexity index is 597. The predicted molar refractivity (Wildman–Crippen MR) is 83.5 cm³/mol. The lowest BCUT2D eigenvalue weighted by Gasteiger charge is -2.29. The molecule has 0 radical (unpaired) electrons. The molecule has 2 rings (SSSR count). The quantitative estimate of drug-likeness (QED) is 0.834. The van der Waals surface area contributed by atoms with Crippen LogP contribution < -0.4 is 10.1 Å². The SMILES string of the molecule is COC(=O)C(C)(NCc1cccs1)c1ccccc1OC. The van der Waals surface area contributed by atoms with E-state index in [2.05, 4.69) is 5.32 Å². The van der Waals surface area contributed by atoms with E-state index >= 15 is 0 Å². The molecule has 1 aromatic heterocycles. The van der Waals surface area contributed by atoms with Crippen LogP contribution in [0, 0.1) is 0 Å². The summed E-state index contributed by atoms with van der Waals surface area (Å²) in [4.78, 5) is 13.5. The van der Waals surface area contributed by atoms with Gasteiger partial charge in [0.1, 0.15) is 11.3 Å². The van der Waals surface area contributed by atoms with Gasteiger partial charge in [-0.25, -0.2) is 4.79 Å². The minimum absolute atomic E-state index is 0.344. The first-order valence-corrected chi connectivity index (χ1v) is 7.49. The number of rotatable bonds is 6. The van der Waals surface area contributed by atoms with Crippen molar-refractivity contribution >= 4 is 17.3 Å². The molecule has 1 aromatic carbocycles. The van der Waals surface area contributed by atoms with E-state index in [1.165, 1.54) is 7.11 Å². The lowest BCUT2D eigenvalue weighted by Crippen LogP contribution is -2.47. The Balaban J connectivity index is 2.34. The van der Waals surface area contributed by atoms with E-state index in [9.17, 15) is 4.79 Å². The highest BCUT2D eigenvalue weighted by Crippen LogP contribution is 2.31. The maximum absolute atomic E-state index is 12.3. The summed E-state index contributed by atoms with van der Waals surface area (Å²) in [6.07, 6.45) is 0. The highest BCUT2D eigenvalue weighted by Gasteiger charge is 2.38. The second-order valence-electron chi connectivity index (χ2n) is 4.75. The highest BCUT2D eigenvalue weighted by molar-refractivity contribution is 7.09. The zero-order valence-corrected chi connectivity index (χ0v) is 13.2. The normalized spacial score (nSPS) is 13.5. The maximum atomic E-state index is 12.3. The fourth-order valence-electron chi connectivity index (χ4n) is 2.22. The smallest absolute Gasteiger partial charge is 0.330 e. The van der Waals surface area contributed by atoms with Crippen molar-refractivity contribution in [1.29, 1.82) is 0 Å². The summed E-state index contributed by atoms with van der Waals surface area (Å²) in [5.74, 6) is 0.313. The lowest BCUT2D eigenvalue weighted by molar-refractivity contribution is -0.148. The van der Waals surface area contributed by atoms with Crippen LogP contribution in [-0.2, 0) is 21.6 Å². The van der Waals surface area contributed by atoms with Crippen molar-refractivity contribution in [2.75, 3.05) is 14.2 Å². The van der Waals surface area contributed by atoms with Gasteiger partial charge in [-0.1, -0.05) is 24.3 Å². The Morgan fingerprint density at radius 2 is 2.00 bits per heavy atom. The number of carbonyl (C=O) groups is 1. The Kier molecular flexibility index (Phi) is 4.98. The van der Waals surface area contributed by atoms with Gasteiger partial charge in [-0.3, -0.25) is 5.32 Å². The Morgan fingerprint density at radius 3 is 2.62 bits per heavy atom. The number of carbonyl (C=O) groups excluding carboxylic acids is 1. The van der Waals surface area contributed by atoms with E-state index in [-0.39, 0.29) is 5.97 Å². The first-order chi connectivity index (χ1) is 10.1. The second kappa shape index (κ2) is 6.74. The van der Waals surface area contributed by atoms with Crippen molar-refractivity contribution in [2.45, 2.75) is 19.0 Å². The van der Waals surface area contributed by atoms with E-state index < -0.39 is 5.54 Å². The van der Waals surface area contributed by atoms with E-state index in [4.69, 9.17) is 9.47 Å². The van der Waals surface area contributed by atoms with Gasteiger partial charge in [-0.15, -0.1) is 11.3 Å². The summed E-state index contributed by atoms with van der Waals surface area (Å²) in [7, 11) is 2.98. The van der Waals surface area contributed by atoms with Crippen molar-refractivity contribution in [1.82, 2.24) is 5.32 Å². The van der Waals surface area contributed by atoms with Crippen LogP contribution in [0.3, 0.4) is 0 Å². The van der Waals surface area contributed by atoms with Gasteiger partial charge in [-0.05, 0) is 24.4 Å². The van der Waals surface area contributed by atoms with Crippen molar-refractivity contribution < 1.29 is 14.3 Å². The summed E-state index contributed by atoms with van der Waals surface area (Å²) in [6.45, 7) is 2.39. The summed E-state index contributed by atoms with van der Waals surface area (Å²) in [6, 6.07) is 11.5. The van der Waals surface area contributed by atoms with Crippen molar-refractivity contribution in [3.8, 4) is 5.75 Å². The summed E-state index contributed by atoms with van der Waals surface area (Å²) < 4.78 is 10.4. The number of hydrogen-bond donors (Lipinski definition) is 1. The molecule has 2 aromatic rings. The maximum Gasteiger partial charge on any atom is 0.330 e. The molecule has 5 heteroatoms. The second-order valence-corrected chi connectivity index (χ2v) is 5.78. The Hall–Kier alpha value is -1.85. The molecule has 0 fully saturated rings. The molecule has 0 aliphatic heterocycles. The summed E-state index contributed by atoms with van der Waals surface area (Å²) in [5.41, 5.74) is -0.207. The molecule has 0 spiro atoms. The van der Waals surface area contributed by atoms with Crippen LogP contribution in [0.15, 0.2) is 41.8 Å². The number of hydrogen-bond acceptors (Lipinski definition) is 5. The van der Waals surface area contributed by atoms with E-state index in [0.29, 0.717) is 12.3 Å². The van der Waals surface area contributed by atoms with Gasteiger partial charge in [-0.2, -0.15) is 0 Å². The molecule has 1 N–H and O–H groups in total. The van der Waals surface area contributed by atoms with Gasteiger partial charge in [0.25, 0.3) is 0 Å². The van der Waals surface area contributed by atoms with Gasteiger partial charge in [0.15, 0.2) is 0 Å². The van der Waals surface area contributed by atoms with Gasteiger partial charge >= 0.3 is 5.97 Å². The third-order valence-electron chi connectivity index (χ3n) is 3.44. The van der Waals surface area contributed by atoms with E-state index in [1.54, 1.807) is 18.4 Å². The number of para-hydroxylation sites is 1. The third-order valence-corrected chi connectivity index (χ3v) is 4.31.